The van der Waals surface area contributed by atoms with Crippen LogP contribution in [0.1, 0.15) is 24.2 Å². The Balaban J connectivity index is 1.67. The Morgan fingerprint density at radius 2 is 2.21 bits per heavy atom. The van der Waals surface area contributed by atoms with Gasteiger partial charge in [0.25, 0.3) is 0 Å². The summed E-state index contributed by atoms with van der Waals surface area (Å²) in [5.41, 5.74) is 7.62. The van der Waals surface area contributed by atoms with Crippen LogP contribution in [0.3, 0.4) is 0 Å². The van der Waals surface area contributed by atoms with Crippen LogP contribution in [0.4, 0.5) is 17.6 Å². The Bertz CT molecular complexity index is 731. The van der Waals surface area contributed by atoms with E-state index >= 15 is 0 Å². The minimum atomic E-state index is -0.492. The third-order valence-corrected chi connectivity index (χ3v) is 3.63. The summed E-state index contributed by atoms with van der Waals surface area (Å²) in [6, 6.07) is 7.73. The third-order valence-electron chi connectivity index (χ3n) is 3.63. The first-order valence-corrected chi connectivity index (χ1v) is 7.73. The van der Waals surface area contributed by atoms with E-state index in [9.17, 15) is 4.79 Å². The number of carbonyl (C=O) groups is 1. The predicted molar refractivity (Wildman–Crippen MR) is 87.5 cm³/mol. The van der Waals surface area contributed by atoms with Crippen LogP contribution in [0.2, 0.25) is 0 Å². The number of rotatable bonds is 5. The number of nitrogens with one attached hydrogen (secondary N) is 1. The molecule has 0 saturated carbocycles. The molecular weight excluding hydrogens is 310 g/mol. The van der Waals surface area contributed by atoms with Gasteiger partial charge in [-0.2, -0.15) is 15.0 Å². The standard InChI is InChI=1S/C16H19N5O3/c1-10-5-2-3-6-11(10)18-16-20-13(19-15(17)21-16)9-24-14(22)12-7-4-8-23-12/h2-3,5-6,12H,4,7-9H2,1H3,(H3,17,18,19,20,21)/t12-/m1/s1. The highest BCUT2D eigenvalue weighted by molar-refractivity contribution is 5.74. The van der Waals surface area contributed by atoms with Crippen molar-refractivity contribution in [2.45, 2.75) is 32.5 Å². The van der Waals surface area contributed by atoms with E-state index in [-0.39, 0.29) is 18.4 Å². The molecule has 0 unspecified atom stereocenters. The fourth-order valence-corrected chi connectivity index (χ4v) is 2.38. The number of esters is 1. The molecule has 1 fully saturated rings. The summed E-state index contributed by atoms with van der Waals surface area (Å²) in [7, 11) is 0. The highest BCUT2D eigenvalue weighted by atomic mass is 16.6. The van der Waals surface area contributed by atoms with Crippen molar-refractivity contribution in [2.24, 2.45) is 0 Å². The van der Waals surface area contributed by atoms with Crippen molar-refractivity contribution in [2.75, 3.05) is 17.7 Å². The molecule has 0 amide bonds. The maximum absolute atomic E-state index is 11.9. The smallest absolute Gasteiger partial charge is 0.335 e. The maximum atomic E-state index is 11.9. The van der Waals surface area contributed by atoms with Crippen molar-refractivity contribution < 1.29 is 14.3 Å². The zero-order chi connectivity index (χ0) is 16.9. The zero-order valence-corrected chi connectivity index (χ0v) is 13.4. The zero-order valence-electron chi connectivity index (χ0n) is 13.4. The lowest BCUT2D eigenvalue weighted by molar-refractivity contribution is -0.155. The fourth-order valence-electron chi connectivity index (χ4n) is 2.38. The predicted octanol–water partition coefficient (Wildman–Crippen LogP) is 1.73. The molecule has 1 saturated heterocycles. The van der Waals surface area contributed by atoms with E-state index in [0.29, 0.717) is 19.0 Å². The van der Waals surface area contributed by atoms with Crippen LogP contribution in [0, 0.1) is 6.92 Å². The van der Waals surface area contributed by atoms with E-state index in [2.05, 4.69) is 20.3 Å². The molecule has 8 heteroatoms. The minimum absolute atomic E-state index is 0.0595. The molecule has 8 nitrogen and oxygen atoms in total. The van der Waals surface area contributed by atoms with Crippen LogP contribution in [0.15, 0.2) is 24.3 Å². The quantitative estimate of drug-likeness (QED) is 0.798. The Kier molecular flexibility index (Phi) is 4.85. The number of ether oxygens (including phenoxy) is 2. The van der Waals surface area contributed by atoms with Crippen LogP contribution in [-0.4, -0.2) is 33.6 Å². The molecular formula is C16H19N5O3. The van der Waals surface area contributed by atoms with E-state index in [1.165, 1.54) is 0 Å². The van der Waals surface area contributed by atoms with Crippen LogP contribution in [0.5, 0.6) is 0 Å². The summed E-state index contributed by atoms with van der Waals surface area (Å²) in [6.45, 7) is 2.48. The number of nitrogens with zero attached hydrogens (tertiary/aromatic N) is 3. The molecule has 1 aromatic heterocycles. The molecule has 1 aliphatic rings. The summed E-state index contributed by atoms with van der Waals surface area (Å²) in [5.74, 6) is 0.244. The summed E-state index contributed by atoms with van der Waals surface area (Å²) >= 11 is 0. The number of nitrogen functional groups attached to an aromatic ring is 1. The highest BCUT2D eigenvalue weighted by Crippen LogP contribution is 2.18. The first-order chi connectivity index (χ1) is 11.6. The molecule has 0 aliphatic carbocycles. The molecule has 126 valence electrons. The van der Waals surface area contributed by atoms with Crippen molar-refractivity contribution in [3.8, 4) is 0 Å². The van der Waals surface area contributed by atoms with E-state index in [1.54, 1.807) is 0 Å². The topological polar surface area (TPSA) is 112 Å². The molecule has 2 heterocycles. The summed E-state index contributed by atoms with van der Waals surface area (Å²) in [6.07, 6.45) is 1.05. The lowest BCUT2D eigenvalue weighted by Crippen LogP contribution is -2.22. The van der Waals surface area contributed by atoms with Gasteiger partial charge in [-0.3, -0.25) is 0 Å². The van der Waals surface area contributed by atoms with Gasteiger partial charge in [0.1, 0.15) is 0 Å². The van der Waals surface area contributed by atoms with Crippen molar-refractivity contribution in [3.63, 3.8) is 0 Å². The van der Waals surface area contributed by atoms with Crippen molar-refractivity contribution >= 4 is 23.6 Å². The number of para-hydroxylation sites is 1. The molecule has 1 atom stereocenters. The van der Waals surface area contributed by atoms with Gasteiger partial charge in [0.15, 0.2) is 18.5 Å². The second kappa shape index (κ2) is 7.22. The molecule has 1 aromatic carbocycles. The second-order valence-corrected chi connectivity index (χ2v) is 5.48. The van der Waals surface area contributed by atoms with Crippen molar-refractivity contribution in [3.05, 3.63) is 35.7 Å². The van der Waals surface area contributed by atoms with Gasteiger partial charge in [-0.1, -0.05) is 18.2 Å². The average molecular weight is 329 g/mol. The number of aromatic nitrogens is 3. The molecule has 24 heavy (non-hydrogen) atoms. The van der Waals surface area contributed by atoms with E-state index in [0.717, 1.165) is 17.7 Å². The Morgan fingerprint density at radius 3 is 2.96 bits per heavy atom. The van der Waals surface area contributed by atoms with Gasteiger partial charge < -0.3 is 20.5 Å². The van der Waals surface area contributed by atoms with E-state index in [4.69, 9.17) is 15.2 Å². The number of nitrogens with two attached hydrogens (primary N) is 1. The summed E-state index contributed by atoms with van der Waals surface area (Å²) in [5, 5.41) is 3.09. The van der Waals surface area contributed by atoms with Gasteiger partial charge >= 0.3 is 5.97 Å². The van der Waals surface area contributed by atoms with Gasteiger partial charge in [-0.25, -0.2) is 4.79 Å². The normalized spacial score (nSPS) is 16.8. The van der Waals surface area contributed by atoms with Gasteiger partial charge in [0.2, 0.25) is 11.9 Å². The first-order valence-electron chi connectivity index (χ1n) is 7.73. The third kappa shape index (κ3) is 3.96. The molecule has 3 N–H and O–H groups in total. The number of hydrogen-bond acceptors (Lipinski definition) is 8. The molecule has 0 spiro atoms. The monoisotopic (exact) mass is 329 g/mol. The Labute approximate surface area is 139 Å². The highest BCUT2D eigenvalue weighted by Gasteiger charge is 2.25. The second-order valence-electron chi connectivity index (χ2n) is 5.48. The fraction of sp³-hybridized carbons (Fsp3) is 0.375. The average Bonchev–Trinajstić information content (AvgIpc) is 3.09. The number of aryl methyl sites for hydroxylation is 1. The SMILES string of the molecule is Cc1ccccc1Nc1nc(N)nc(COC(=O)[C@H]2CCCO2)n1. The maximum Gasteiger partial charge on any atom is 0.335 e. The van der Waals surface area contributed by atoms with Gasteiger partial charge in [0.05, 0.1) is 0 Å². The van der Waals surface area contributed by atoms with Crippen LogP contribution < -0.4 is 11.1 Å². The Morgan fingerprint density at radius 1 is 1.38 bits per heavy atom. The lowest BCUT2D eigenvalue weighted by Gasteiger charge is -2.11. The molecule has 0 bridgehead atoms. The van der Waals surface area contributed by atoms with E-state index in [1.807, 2.05) is 31.2 Å². The van der Waals surface area contributed by atoms with Crippen molar-refractivity contribution in [1.29, 1.82) is 0 Å². The molecule has 3 rings (SSSR count). The molecule has 2 aromatic rings. The van der Waals surface area contributed by atoms with Crippen molar-refractivity contribution in [1.82, 2.24) is 15.0 Å². The Hall–Kier alpha value is -2.74. The van der Waals surface area contributed by atoms with Gasteiger partial charge in [-0.15, -0.1) is 0 Å². The van der Waals surface area contributed by atoms with Crippen LogP contribution in [0.25, 0.3) is 0 Å². The molecule has 1 aliphatic heterocycles. The number of benzene rings is 1. The number of carbonyl (C=O) groups excluding carboxylic acids is 1. The first kappa shape index (κ1) is 16.1. The lowest BCUT2D eigenvalue weighted by atomic mass is 10.2. The van der Waals surface area contributed by atoms with Gasteiger partial charge in [0, 0.05) is 12.3 Å². The summed E-state index contributed by atoms with van der Waals surface area (Å²) < 4.78 is 10.5. The minimum Gasteiger partial charge on any atom is -0.456 e. The largest absolute Gasteiger partial charge is 0.456 e. The van der Waals surface area contributed by atoms with Crippen LogP contribution in [-0.2, 0) is 20.9 Å². The number of hydrogen-bond donors (Lipinski definition) is 2. The molecule has 0 radical (unpaired) electrons. The summed E-state index contributed by atoms with van der Waals surface area (Å²) in [4.78, 5) is 24.1. The number of anilines is 3. The van der Waals surface area contributed by atoms with Crippen LogP contribution >= 0.6 is 0 Å². The van der Waals surface area contributed by atoms with E-state index < -0.39 is 12.1 Å². The van der Waals surface area contributed by atoms with Gasteiger partial charge in [-0.05, 0) is 31.4 Å².